The molecule has 0 saturated carbocycles. The molecule has 1 aliphatic rings. The van der Waals surface area contributed by atoms with Crippen molar-refractivity contribution < 1.29 is 14.7 Å². The Balaban J connectivity index is 2.05. The van der Waals surface area contributed by atoms with Crippen LogP contribution in [0.15, 0.2) is 24.3 Å². The third kappa shape index (κ3) is 3.29. The molecule has 1 heterocycles. The van der Waals surface area contributed by atoms with Crippen LogP contribution in [-0.2, 0) is 16.0 Å². The second kappa shape index (κ2) is 5.94. The molecule has 1 aromatic rings. The van der Waals surface area contributed by atoms with Crippen molar-refractivity contribution in [2.45, 2.75) is 32.2 Å². The van der Waals surface area contributed by atoms with Crippen LogP contribution in [0, 0.1) is 5.92 Å². The number of benzene rings is 1. The Labute approximate surface area is 118 Å². The molecule has 3 N–H and O–H groups in total. The number of phenolic OH excluding ortho intramolecular Hbond substituents is 1. The Morgan fingerprint density at radius 3 is 2.80 bits per heavy atom. The number of nitrogens with zero attached hydrogens (tertiary/aromatic N) is 1. The lowest BCUT2D eigenvalue weighted by Crippen LogP contribution is -2.49. The predicted octanol–water partition coefficient (Wildman–Crippen LogP) is 1.05. The predicted molar refractivity (Wildman–Crippen MR) is 74.9 cm³/mol. The number of hydrogen-bond donors (Lipinski definition) is 2. The van der Waals surface area contributed by atoms with Crippen molar-refractivity contribution in [2.75, 3.05) is 6.54 Å². The topological polar surface area (TPSA) is 83.6 Å². The molecule has 5 heteroatoms. The summed E-state index contributed by atoms with van der Waals surface area (Å²) < 4.78 is 0. The molecule has 2 rings (SSSR count). The molecule has 1 fully saturated rings. The Morgan fingerprint density at radius 2 is 2.15 bits per heavy atom. The summed E-state index contributed by atoms with van der Waals surface area (Å²) in [6, 6.07) is 6.79. The summed E-state index contributed by atoms with van der Waals surface area (Å²) in [5, 5.41) is 9.42. The van der Waals surface area contributed by atoms with Gasteiger partial charge in [-0.05, 0) is 37.5 Å². The number of nitrogens with two attached hydrogens (primary N) is 1. The van der Waals surface area contributed by atoms with Crippen LogP contribution >= 0.6 is 0 Å². The Morgan fingerprint density at radius 1 is 1.40 bits per heavy atom. The van der Waals surface area contributed by atoms with Gasteiger partial charge >= 0.3 is 0 Å². The highest BCUT2D eigenvalue weighted by atomic mass is 16.3. The first-order chi connectivity index (χ1) is 9.47. The Hall–Kier alpha value is -2.04. The standard InChI is InChI=1S/C15H20N2O3/c1-10-5-6-12(15(16)20)9-17(10)14(19)8-11-3-2-4-13(18)7-11/h2-4,7,10,12,18H,5-6,8-9H2,1H3,(H2,16,20). The van der Waals surface area contributed by atoms with Gasteiger partial charge in [-0.3, -0.25) is 9.59 Å². The van der Waals surface area contributed by atoms with Crippen LogP contribution in [0.3, 0.4) is 0 Å². The van der Waals surface area contributed by atoms with E-state index >= 15 is 0 Å². The Kier molecular flexibility index (Phi) is 4.27. The summed E-state index contributed by atoms with van der Waals surface area (Å²) in [4.78, 5) is 25.4. The van der Waals surface area contributed by atoms with Crippen LogP contribution in [-0.4, -0.2) is 34.4 Å². The number of likely N-dealkylation sites (tertiary alicyclic amines) is 1. The van der Waals surface area contributed by atoms with Crippen molar-refractivity contribution in [2.24, 2.45) is 11.7 Å². The maximum Gasteiger partial charge on any atom is 0.227 e. The van der Waals surface area contributed by atoms with Crippen molar-refractivity contribution >= 4 is 11.8 Å². The summed E-state index contributed by atoms with van der Waals surface area (Å²) >= 11 is 0. The van der Waals surface area contributed by atoms with Crippen molar-refractivity contribution in [3.63, 3.8) is 0 Å². The molecule has 1 saturated heterocycles. The van der Waals surface area contributed by atoms with E-state index in [1.54, 1.807) is 29.2 Å². The number of rotatable bonds is 3. The van der Waals surface area contributed by atoms with Gasteiger partial charge in [0.15, 0.2) is 0 Å². The second-order valence-corrected chi connectivity index (χ2v) is 5.42. The molecule has 0 aliphatic carbocycles. The first-order valence-electron chi connectivity index (χ1n) is 6.84. The molecule has 108 valence electrons. The van der Waals surface area contributed by atoms with Gasteiger partial charge in [-0.1, -0.05) is 12.1 Å². The third-order valence-corrected chi connectivity index (χ3v) is 3.87. The minimum atomic E-state index is -0.341. The van der Waals surface area contributed by atoms with E-state index in [2.05, 4.69) is 0 Å². The lowest BCUT2D eigenvalue weighted by Gasteiger charge is -2.37. The highest BCUT2D eigenvalue weighted by Crippen LogP contribution is 2.23. The van der Waals surface area contributed by atoms with Gasteiger partial charge in [-0.25, -0.2) is 0 Å². The second-order valence-electron chi connectivity index (χ2n) is 5.42. The maximum atomic E-state index is 12.3. The molecule has 5 nitrogen and oxygen atoms in total. The average molecular weight is 276 g/mol. The van der Waals surface area contributed by atoms with Gasteiger partial charge in [0.25, 0.3) is 0 Å². The van der Waals surface area contributed by atoms with Crippen LogP contribution in [0.4, 0.5) is 0 Å². The van der Waals surface area contributed by atoms with Gasteiger partial charge in [-0.2, -0.15) is 0 Å². The van der Waals surface area contributed by atoms with Crippen molar-refractivity contribution in [3.8, 4) is 5.75 Å². The van der Waals surface area contributed by atoms with Gasteiger partial charge in [0, 0.05) is 12.6 Å². The highest BCUT2D eigenvalue weighted by molar-refractivity contribution is 5.81. The van der Waals surface area contributed by atoms with Crippen LogP contribution < -0.4 is 5.73 Å². The monoisotopic (exact) mass is 276 g/mol. The lowest BCUT2D eigenvalue weighted by atomic mass is 9.92. The van der Waals surface area contributed by atoms with E-state index in [0.717, 1.165) is 18.4 Å². The van der Waals surface area contributed by atoms with Gasteiger partial charge < -0.3 is 15.7 Å². The molecule has 0 spiro atoms. The molecule has 0 radical (unpaired) electrons. The fourth-order valence-corrected chi connectivity index (χ4v) is 2.63. The Bertz CT molecular complexity index is 516. The smallest absolute Gasteiger partial charge is 0.227 e. The zero-order valence-corrected chi connectivity index (χ0v) is 11.6. The molecule has 1 aromatic carbocycles. The van der Waals surface area contributed by atoms with E-state index in [0.29, 0.717) is 6.54 Å². The molecular weight excluding hydrogens is 256 g/mol. The first-order valence-corrected chi connectivity index (χ1v) is 6.84. The van der Waals surface area contributed by atoms with E-state index in [4.69, 9.17) is 5.73 Å². The summed E-state index contributed by atoms with van der Waals surface area (Å²) in [5.74, 6) is -0.475. The molecule has 2 atom stereocenters. The van der Waals surface area contributed by atoms with Gasteiger partial charge in [-0.15, -0.1) is 0 Å². The summed E-state index contributed by atoms with van der Waals surface area (Å²) in [5.41, 5.74) is 6.10. The number of aromatic hydroxyl groups is 1. The molecule has 1 aliphatic heterocycles. The molecular formula is C15H20N2O3. The van der Waals surface area contributed by atoms with Gasteiger partial charge in [0.1, 0.15) is 5.75 Å². The summed E-state index contributed by atoms with van der Waals surface area (Å²) in [7, 11) is 0. The fraction of sp³-hybridized carbons (Fsp3) is 0.467. The zero-order chi connectivity index (χ0) is 14.7. The van der Waals surface area contributed by atoms with Gasteiger partial charge in [0.05, 0.1) is 12.3 Å². The number of carbonyl (C=O) groups is 2. The van der Waals surface area contributed by atoms with Crippen LogP contribution in [0.2, 0.25) is 0 Å². The number of carbonyl (C=O) groups excluding carboxylic acids is 2. The lowest BCUT2D eigenvalue weighted by molar-refractivity contribution is -0.136. The fourth-order valence-electron chi connectivity index (χ4n) is 2.63. The van der Waals surface area contributed by atoms with Crippen molar-refractivity contribution in [1.29, 1.82) is 0 Å². The van der Waals surface area contributed by atoms with Crippen LogP contribution in [0.1, 0.15) is 25.3 Å². The number of hydrogen-bond acceptors (Lipinski definition) is 3. The molecule has 2 unspecified atom stereocenters. The van der Waals surface area contributed by atoms with Crippen LogP contribution in [0.5, 0.6) is 5.75 Å². The van der Waals surface area contributed by atoms with E-state index in [-0.39, 0.29) is 35.9 Å². The quantitative estimate of drug-likeness (QED) is 0.865. The number of amides is 2. The summed E-state index contributed by atoms with van der Waals surface area (Å²) in [6.07, 6.45) is 1.76. The largest absolute Gasteiger partial charge is 0.508 e. The third-order valence-electron chi connectivity index (χ3n) is 3.87. The zero-order valence-electron chi connectivity index (χ0n) is 11.6. The summed E-state index contributed by atoms with van der Waals surface area (Å²) in [6.45, 7) is 2.38. The molecule has 20 heavy (non-hydrogen) atoms. The number of primary amides is 1. The normalized spacial score (nSPS) is 22.6. The minimum absolute atomic E-state index is 0.0333. The van der Waals surface area contributed by atoms with Crippen LogP contribution in [0.25, 0.3) is 0 Å². The van der Waals surface area contributed by atoms with E-state index in [1.807, 2.05) is 6.92 Å². The minimum Gasteiger partial charge on any atom is -0.508 e. The van der Waals surface area contributed by atoms with E-state index in [9.17, 15) is 14.7 Å². The van der Waals surface area contributed by atoms with Crippen molar-refractivity contribution in [1.82, 2.24) is 4.90 Å². The average Bonchev–Trinajstić information content (AvgIpc) is 2.38. The van der Waals surface area contributed by atoms with Crippen molar-refractivity contribution in [3.05, 3.63) is 29.8 Å². The number of phenols is 1. The van der Waals surface area contributed by atoms with Gasteiger partial charge in [0.2, 0.25) is 11.8 Å². The molecule has 2 amide bonds. The maximum absolute atomic E-state index is 12.3. The molecule has 0 bridgehead atoms. The number of piperidine rings is 1. The van der Waals surface area contributed by atoms with E-state index in [1.165, 1.54) is 0 Å². The van der Waals surface area contributed by atoms with E-state index < -0.39 is 0 Å². The molecule has 0 aromatic heterocycles. The first kappa shape index (κ1) is 14.4. The SMILES string of the molecule is CC1CCC(C(N)=O)CN1C(=O)Cc1cccc(O)c1. The highest BCUT2D eigenvalue weighted by Gasteiger charge is 2.31.